The molecule has 1 heterocycles. The van der Waals surface area contributed by atoms with Crippen molar-refractivity contribution in [1.29, 1.82) is 0 Å². The van der Waals surface area contributed by atoms with Gasteiger partial charge in [0.15, 0.2) is 5.82 Å². The minimum absolute atomic E-state index is 0.246. The summed E-state index contributed by atoms with van der Waals surface area (Å²) in [6, 6.07) is -0.500. The number of carbonyl (C=O) groups excluding carboxylic acids is 1. The summed E-state index contributed by atoms with van der Waals surface area (Å²) in [4.78, 5) is 19.2. The molecule has 0 bridgehead atoms. The number of halogens is 1. The van der Waals surface area contributed by atoms with Gasteiger partial charge in [0.05, 0.1) is 18.4 Å². The number of hydrogen-bond acceptors (Lipinski definition) is 4. The second-order valence-electron chi connectivity index (χ2n) is 2.73. The summed E-state index contributed by atoms with van der Waals surface area (Å²) < 4.78 is 0.621. The molecule has 0 saturated carbocycles. The van der Waals surface area contributed by atoms with E-state index in [0.29, 0.717) is 16.8 Å². The molecule has 1 aromatic rings. The van der Waals surface area contributed by atoms with E-state index in [0.717, 1.165) is 0 Å². The van der Waals surface area contributed by atoms with Crippen LogP contribution in [-0.4, -0.2) is 21.9 Å². The lowest BCUT2D eigenvalue weighted by Crippen LogP contribution is -2.35. The number of hydrogen-bond donors (Lipinski definition) is 2. The minimum atomic E-state index is -0.500. The number of amides is 1. The molecule has 5 nitrogen and oxygen atoms in total. The molecule has 0 unspecified atom stereocenters. The van der Waals surface area contributed by atoms with Gasteiger partial charge in [-0.3, -0.25) is 4.79 Å². The summed E-state index contributed by atoms with van der Waals surface area (Å²) in [5.41, 5.74) is 5.52. The van der Waals surface area contributed by atoms with Gasteiger partial charge in [0.25, 0.3) is 0 Å². The van der Waals surface area contributed by atoms with Gasteiger partial charge in [-0.1, -0.05) is 6.92 Å². The molecule has 76 valence electrons. The number of nitrogens with zero attached hydrogens (tertiary/aromatic N) is 2. The van der Waals surface area contributed by atoms with E-state index in [4.69, 9.17) is 5.73 Å². The molecule has 0 aliphatic heterocycles. The fourth-order valence-electron chi connectivity index (χ4n) is 0.781. The van der Waals surface area contributed by atoms with E-state index in [-0.39, 0.29) is 5.91 Å². The lowest BCUT2D eigenvalue weighted by atomic mass is 10.2. The summed E-state index contributed by atoms with van der Waals surface area (Å²) in [6.07, 6.45) is 3.56. The molecule has 14 heavy (non-hydrogen) atoms. The second-order valence-corrected chi connectivity index (χ2v) is 3.54. The van der Waals surface area contributed by atoms with Crippen molar-refractivity contribution in [1.82, 2.24) is 9.97 Å². The smallest absolute Gasteiger partial charge is 0.242 e. The van der Waals surface area contributed by atoms with Crippen molar-refractivity contribution in [3.8, 4) is 0 Å². The van der Waals surface area contributed by atoms with Crippen LogP contribution in [0.1, 0.15) is 13.3 Å². The van der Waals surface area contributed by atoms with Crippen LogP contribution < -0.4 is 11.1 Å². The van der Waals surface area contributed by atoms with Crippen LogP contribution in [0.3, 0.4) is 0 Å². The van der Waals surface area contributed by atoms with Gasteiger partial charge in [0.1, 0.15) is 4.60 Å². The standard InChI is InChI=1S/C8H11BrN4O/c1-2-5(10)8(14)13-7-4-11-6(9)3-12-7/h3-5H,2,10H2,1H3,(H,12,13,14)/t5-/m0/s1. The number of anilines is 1. The first-order chi connectivity index (χ1) is 6.63. The molecule has 6 heteroatoms. The fraction of sp³-hybridized carbons (Fsp3) is 0.375. The molecule has 0 fully saturated rings. The minimum Gasteiger partial charge on any atom is -0.320 e. The third-order valence-corrected chi connectivity index (χ3v) is 2.06. The normalized spacial score (nSPS) is 12.2. The molecule has 0 aliphatic rings. The lowest BCUT2D eigenvalue weighted by molar-refractivity contribution is -0.117. The second kappa shape index (κ2) is 5.02. The first-order valence-electron chi connectivity index (χ1n) is 4.17. The Kier molecular flexibility index (Phi) is 3.97. The number of aromatic nitrogens is 2. The van der Waals surface area contributed by atoms with Gasteiger partial charge in [-0.05, 0) is 22.4 Å². The summed E-state index contributed by atoms with van der Waals surface area (Å²) in [5.74, 6) is 0.159. The Bertz CT molecular complexity index is 314. The highest BCUT2D eigenvalue weighted by molar-refractivity contribution is 9.10. The summed E-state index contributed by atoms with van der Waals surface area (Å²) >= 11 is 3.14. The number of nitrogens with two attached hydrogens (primary N) is 1. The van der Waals surface area contributed by atoms with Gasteiger partial charge >= 0.3 is 0 Å². The third-order valence-electron chi connectivity index (χ3n) is 1.65. The van der Waals surface area contributed by atoms with Crippen molar-refractivity contribution in [2.75, 3.05) is 5.32 Å². The predicted octanol–water partition coefficient (Wildman–Crippen LogP) is 0.915. The molecule has 3 N–H and O–H groups in total. The van der Waals surface area contributed by atoms with Gasteiger partial charge in [-0.2, -0.15) is 0 Å². The van der Waals surface area contributed by atoms with Crippen molar-refractivity contribution in [3.63, 3.8) is 0 Å². The van der Waals surface area contributed by atoms with Crippen LogP contribution in [0.25, 0.3) is 0 Å². The van der Waals surface area contributed by atoms with E-state index in [1.54, 1.807) is 0 Å². The molecular formula is C8H11BrN4O. The number of nitrogens with one attached hydrogen (secondary N) is 1. The topological polar surface area (TPSA) is 80.9 Å². The summed E-state index contributed by atoms with van der Waals surface area (Å²) in [5, 5.41) is 2.56. The van der Waals surface area contributed by atoms with Gasteiger partial charge in [0.2, 0.25) is 5.91 Å². The maximum absolute atomic E-state index is 11.3. The Morgan fingerprint density at radius 2 is 2.36 bits per heavy atom. The monoisotopic (exact) mass is 258 g/mol. The fourth-order valence-corrected chi connectivity index (χ4v) is 0.986. The molecule has 0 saturated heterocycles. The van der Waals surface area contributed by atoms with E-state index in [1.807, 2.05) is 6.92 Å². The van der Waals surface area contributed by atoms with Crippen LogP contribution in [0.4, 0.5) is 5.82 Å². The Morgan fingerprint density at radius 1 is 1.64 bits per heavy atom. The number of carbonyl (C=O) groups is 1. The maximum atomic E-state index is 11.3. The highest BCUT2D eigenvalue weighted by Gasteiger charge is 2.11. The zero-order chi connectivity index (χ0) is 10.6. The van der Waals surface area contributed by atoms with Crippen molar-refractivity contribution >= 4 is 27.7 Å². The third kappa shape index (κ3) is 3.04. The van der Waals surface area contributed by atoms with Crippen LogP contribution in [0.5, 0.6) is 0 Å². The van der Waals surface area contributed by atoms with Crippen molar-refractivity contribution in [2.45, 2.75) is 19.4 Å². The zero-order valence-electron chi connectivity index (χ0n) is 7.70. The average molecular weight is 259 g/mol. The van der Waals surface area contributed by atoms with Crippen molar-refractivity contribution in [2.24, 2.45) is 5.73 Å². The zero-order valence-corrected chi connectivity index (χ0v) is 9.28. The van der Waals surface area contributed by atoms with Crippen LogP contribution in [-0.2, 0) is 4.79 Å². The van der Waals surface area contributed by atoms with Crippen molar-refractivity contribution < 1.29 is 4.79 Å². The Labute approximate surface area is 90.2 Å². The molecule has 0 radical (unpaired) electrons. The van der Waals surface area contributed by atoms with Crippen LogP contribution in [0.2, 0.25) is 0 Å². The van der Waals surface area contributed by atoms with Crippen LogP contribution >= 0.6 is 15.9 Å². The van der Waals surface area contributed by atoms with E-state index in [1.165, 1.54) is 12.4 Å². The SMILES string of the molecule is CC[C@H](N)C(=O)Nc1cnc(Br)cn1. The Hall–Kier alpha value is -1.01. The summed E-state index contributed by atoms with van der Waals surface area (Å²) in [7, 11) is 0. The molecule has 0 aliphatic carbocycles. The highest BCUT2D eigenvalue weighted by atomic mass is 79.9. The molecule has 1 rings (SSSR count). The summed E-state index contributed by atoms with van der Waals surface area (Å²) in [6.45, 7) is 1.84. The average Bonchev–Trinajstić information content (AvgIpc) is 2.20. The largest absolute Gasteiger partial charge is 0.320 e. The van der Waals surface area contributed by atoms with E-state index in [9.17, 15) is 4.79 Å². The molecule has 1 amide bonds. The van der Waals surface area contributed by atoms with Gasteiger partial charge < -0.3 is 11.1 Å². The molecule has 1 atom stereocenters. The number of rotatable bonds is 3. The highest BCUT2D eigenvalue weighted by Crippen LogP contribution is 2.06. The van der Waals surface area contributed by atoms with Gasteiger partial charge in [-0.15, -0.1) is 0 Å². The quantitative estimate of drug-likeness (QED) is 0.845. The molecular weight excluding hydrogens is 248 g/mol. The van der Waals surface area contributed by atoms with E-state index in [2.05, 4.69) is 31.2 Å². The first kappa shape index (κ1) is 11.1. The van der Waals surface area contributed by atoms with Gasteiger partial charge in [0, 0.05) is 0 Å². The maximum Gasteiger partial charge on any atom is 0.242 e. The van der Waals surface area contributed by atoms with Crippen LogP contribution in [0, 0.1) is 0 Å². The van der Waals surface area contributed by atoms with Crippen molar-refractivity contribution in [3.05, 3.63) is 17.0 Å². The molecule has 0 aromatic carbocycles. The predicted molar refractivity (Wildman–Crippen MR) is 56.6 cm³/mol. The van der Waals surface area contributed by atoms with E-state index < -0.39 is 6.04 Å². The van der Waals surface area contributed by atoms with E-state index >= 15 is 0 Å². The first-order valence-corrected chi connectivity index (χ1v) is 4.96. The molecule has 0 spiro atoms. The Morgan fingerprint density at radius 3 is 2.86 bits per heavy atom. The lowest BCUT2D eigenvalue weighted by Gasteiger charge is -2.08. The van der Waals surface area contributed by atoms with Crippen LogP contribution in [0.15, 0.2) is 17.0 Å². The van der Waals surface area contributed by atoms with Gasteiger partial charge in [-0.25, -0.2) is 9.97 Å². The Balaban J connectivity index is 2.60. The molecule has 1 aromatic heterocycles.